The summed E-state index contributed by atoms with van der Waals surface area (Å²) in [4.78, 5) is 17.6. The Balaban J connectivity index is 1.64. The summed E-state index contributed by atoms with van der Waals surface area (Å²) in [5, 5.41) is 12.3. The van der Waals surface area contributed by atoms with Crippen LogP contribution < -0.4 is 5.56 Å². The van der Waals surface area contributed by atoms with Gasteiger partial charge in [0.2, 0.25) is 5.13 Å². The maximum absolute atomic E-state index is 13.1. The van der Waals surface area contributed by atoms with Crippen LogP contribution in [-0.2, 0) is 0 Å². The van der Waals surface area contributed by atoms with E-state index in [4.69, 9.17) is 0 Å². The molecule has 0 radical (unpaired) electrons. The normalized spacial score (nSPS) is 11.4. The molecular formula is C22H15N5OS. The molecule has 140 valence electrons. The quantitative estimate of drug-likeness (QED) is 0.386. The second-order valence-corrected chi connectivity index (χ2v) is 7.35. The molecule has 0 amide bonds. The largest absolute Gasteiger partial charge is 0.299 e. The van der Waals surface area contributed by atoms with Gasteiger partial charge in [-0.25, -0.2) is 9.67 Å². The van der Waals surface area contributed by atoms with Crippen molar-refractivity contribution in [2.75, 3.05) is 0 Å². The summed E-state index contributed by atoms with van der Waals surface area (Å²) in [6.07, 6.45) is 0. The number of thiazole rings is 1. The molecule has 0 atom stereocenters. The van der Waals surface area contributed by atoms with Crippen LogP contribution in [-0.4, -0.2) is 14.8 Å². The molecule has 0 bridgehead atoms. The first-order valence-electron chi connectivity index (χ1n) is 9.03. The predicted molar refractivity (Wildman–Crippen MR) is 116 cm³/mol. The van der Waals surface area contributed by atoms with Crippen LogP contribution in [0.2, 0.25) is 0 Å². The van der Waals surface area contributed by atoms with Gasteiger partial charge in [0.15, 0.2) is 5.69 Å². The lowest BCUT2D eigenvalue weighted by Gasteiger charge is -2.01. The van der Waals surface area contributed by atoms with Crippen molar-refractivity contribution in [1.29, 1.82) is 0 Å². The van der Waals surface area contributed by atoms with Crippen LogP contribution >= 0.6 is 11.3 Å². The van der Waals surface area contributed by atoms with Gasteiger partial charge in [-0.3, -0.25) is 9.89 Å². The number of aromatic amines is 1. The van der Waals surface area contributed by atoms with Gasteiger partial charge >= 0.3 is 0 Å². The van der Waals surface area contributed by atoms with Crippen LogP contribution in [0.3, 0.4) is 0 Å². The highest BCUT2D eigenvalue weighted by molar-refractivity contribution is 7.21. The summed E-state index contributed by atoms with van der Waals surface area (Å²) in [5.74, 6) is 0. The fourth-order valence-electron chi connectivity index (χ4n) is 3.08. The maximum atomic E-state index is 13.1. The van der Waals surface area contributed by atoms with E-state index in [1.54, 1.807) is 0 Å². The fraction of sp³-hybridized carbons (Fsp3) is 0. The molecular weight excluding hydrogens is 382 g/mol. The van der Waals surface area contributed by atoms with Crippen molar-refractivity contribution in [1.82, 2.24) is 14.8 Å². The van der Waals surface area contributed by atoms with E-state index in [-0.39, 0.29) is 11.2 Å². The molecule has 6 nitrogen and oxygen atoms in total. The molecule has 0 aliphatic rings. The topological polar surface area (TPSA) is 75.4 Å². The minimum Gasteiger partial charge on any atom is -0.288 e. The molecule has 29 heavy (non-hydrogen) atoms. The number of nitrogens with one attached hydrogen (secondary N) is 1. The minimum absolute atomic E-state index is 0.249. The number of rotatable bonds is 4. The molecule has 0 fully saturated rings. The van der Waals surface area contributed by atoms with Gasteiger partial charge in [-0.2, -0.15) is 0 Å². The third kappa shape index (κ3) is 3.28. The molecule has 2 heterocycles. The first-order chi connectivity index (χ1) is 14.3. The average Bonchev–Trinajstić information content (AvgIpc) is 3.34. The summed E-state index contributed by atoms with van der Waals surface area (Å²) in [7, 11) is 0. The zero-order chi connectivity index (χ0) is 19.6. The Kier molecular flexibility index (Phi) is 4.34. The second-order valence-electron chi connectivity index (χ2n) is 6.34. The van der Waals surface area contributed by atoms with Gasteiger partial charge in [0.05, 0.1) is 21.6 Å². The van der Waals surface area contributed by atoms with Crippen molar-refractivity contribution in [3.63, 3.8) is 0 Å². The van der Waals surface area contributed by atoms with E-state index in [0.717, 1.165) is 21.5 Å². The van der Waals surface area contributed by atoms with E-state index in [0.29, 0.717) is 10.8 Å². The Labute approximate surface area is 169 Å². The van der Waals surface area contributed by atoms with Gasteiger partial charge in [0.1, 0.15) is 0 Å². The number of aromatic nitrogens is 3. The van der Waals surface area contributed by atoms with Gasteiger partial charge in [-0.1, -0.05) is 72.0 Å². The standard InChI is InChI=1S/C22H15N5OS/c28-21-20(24-25-22-23-17-13-7-8-14-18(17)29-22)19(15-9-3-1-4-10-15)26-27(21)16-11-5-2-6-12-16/h1-14,26H. The van der Waals surface area contributed by atoms with Gasteiger partial charge in [-0.15, -0.1) is 10.2 Å². The maximum Gasteiger partial charge on any atom is 0.299 e. The summed E-state index contributed by atoms with van der Waals surface area (Å²) in [6, 6.07) is 26.8. The van der Waals surface area contributed by atoms with Crippen molar-refractivity contribution in [3.05, 3.63) is 95.3 Å². The van der Waals surface area contributed by atoms with Crippen LogP contribution in [0.5, 0.6) is 0 Å². The van der Waals surface area contributed by atoms with Crippen LogP contribution in [0.4, 0.5) is 10.8 Å². The van der Waals surface area contributed by atoms with E-state index in [1.165, 1.54) is 16.0 Å². The fourth-order valence-corrected chi connectivity index (χ4v) is 3.87. The Morgan fingerprint density at radius 3 is 2.28 bits per heavy atom. The Morgan fingerprint density at radius 2 is 1.52 bits per heavy atom. The lowest BCUT2D eigenvalue weighted by atomic mass is 10.1. The Morgan fingerprint density at radius 1 is 0.828 bits per heavy atom. The van der Waals surface area contributed by atoms with Crippen molar-refractivity contribution < 1.29 is 0 Å². The predicted octanol–water partition coefficient (Wildman–Crippen LogP) is 5.86. The van der Waals surface area contributed by atoms with Gasteiger partial charge in [-0.05, 0) is 24.3 Å². The zero-order valence-electron chi connectivity index (χ0n) is 15.2. The number of benzene rings is 3. The van der Waals surface area contributed by atoms with Crippen LogP contribution in [0, 0.1) is 0 Å². The number of fused-ring (bicyclic) bond motifs is 1. The van der Waals surface area contributed by atoms with Crippen LogP contribution in [0.25, 0.3) is 27.2 Å². The van der Waals surface area contributed by atoms with E-state index < -0.39 is 0 Å². The number of nitrogens with zero attached hydrogens (tertiary/aromatic N) is 4. The number of para-hydroxylation sites is 2. The highest BCUT2D eigenvalue weighted by Gasteiger charge is 2.17. The van der Waals surface area contributed by atoms with Crippen LogP contribution in [0.15, 0.2) is 100.0 Å². The summed E-state index contributed by atoms with van der Waals surface area (Å²) in [5.41, 5.74) is 3.06. The molecule has 3 aromatic carbocycles. The molecule has 0 unspecified atom stereocenters. The average molecular weight is 397 g/mol. The Bertz CT molecular complexity index is 1330. The number of azo groups is 1. The van der Waals surface area contributed by atoms with E-state index in [2.05, 4.69) is 20.3 Å². The monoisotopic (exact) mass is 397 g/mol. The summed E-state index contributed by atoms with van der Waals surface area (Å²) in [6.45, 7) is 0. The molecule has 2 aromatic heterocycles. The molecule has 5 aromatic rings. The molecule has 0 aliphatic heterocycles. The number of H-pyrrole nitrogens is 1. The highest BCUT2D eigenvalue weighted by Crippen LogP contribution is 2.31. The van der Waals surface area contributed by atoms with Crippen LogP contribution in [0.1, 0.15) is 0 Å². The second kappa shape index (κ2) is 7.29. The summed E-state index contributed by atoms with van der Waals surface area (Å²) < 4.78 is 2.51. The SMILES string of the molecule is O=c1c(N=Nc2nc3ccccc3s2)c(-c2ccccc2)[nH]n1-c1ccccc1. The Hall–Kier alpha value is -3.84. The third-order valence-electron chi connectivity index (χ3n) is 4.46. The summed E-state index contributed by atoms with van der Waals surface area (Å²) >= 11 is 1.44. The van der Waals surface area contributed by atoms with Gasteiger partial charge < -0.3 is 0 Å². The van der Waals surface area contributed by atoms with E-state index in [1.807, 2.05) is 84.9 Å². The smallest absolute Gasteiger partial charge is 0.288 e. The van der Waals surface area contributed by atoms with Gasteiger partial charge in [0, 0.05) is 5.56 Å². The molecule has 0 spiro atoms. The molecule has 5 rings (SSSR count). The lowest BCUT2D eigenvalue weighted by Crippen LogP contribution is -2.13. The first-order valence-corrected chi connectivity index (χ1v) is 9.84. The third-order valence-corrected chi connectivity index (χ3v) is 5.38. The number of hydrogen-bond acceptors (Lipinski definition) is 5. The first kappa shape index (κ1) is 17.3. The van der Waals surface area contributed by atoms with E-state index in [9.17, 15) is 4.79 Å². The molecule has 7 heteroatoms. The van der Waals surface area contributed by atoms with Crippen molar-refractivity contribution >= 4 is 32.4 Å². The van der Waals surface area contributed by atoms with Gasteiger partial charge in [0.25, 0.3) is 5.56 Å². The molecule has 0 saturated carbocycles. The van der Waals surface area contributed by atoms with Crippen molar-refractivity contribution in [2.45, 2.75) is 0 Å². The highest BCUT2D eigenvalue weighted by atomic mass is 32.1. The van der Waals surface area contributed by atoms with Crippen molar-refractivity contribution in [2.24, 2.45) is 10.2 Å². The molecule has 0 aliphatic carbocycles. The van der Waals surface area contributed by atoms with E-state index >= 15 is 0 Å². The molecule has 1 N–H and O–H groups in total. The van der Waals surface area contributed by atoms with Crippen molar-refractivity contribution in [3.8, 4) is 16.9 Å². The molecule has 0 saturated heterocycles. The lowest BCUT2D eigenvalue weighted by molar-refractivity contribution is 0.852. The zero-order valence-corrected chi connectivity index (χ0v) is 16.0. The number of hydrogen-bond donors (Lipinski definition) is 1. The minimum atomic E-state index is -0.264.